The maximum atomic E-state index is 12.7. The molecule has 28 heavy (non-hydrogen) atoms. The van der Waals surface area contributed by atoms with E-state index in [1.54, 1.807) is 0 Å². The van der Waals surface area contributed by atoms with Crippen LogP contribution in [0, 0.1) is 0 Å². The highest BCUT2D eigenvalue weighted by atomic mass is 35.5. The number of carbonyl (C=O) groups excluding carboxylic acids is 1. The molecule has 158 valence electrons. The number of rotatable bonds is 6. The van der Waals surface area contributed by atoms with E-state index in [0.717, 1.165) is 30.6 Å². The van der Waals surface area contributed by atoms with E-state index in [2.05, 4.69) is 14.9 Å². The number of halogens is 1. The molecule has 0 aromatic heterocycles. The fourth-order valence-corrected chi connectivity index (χ4v) is 5.21. The van der Waals surface area contributed by atoms with Gasteiger partial charge in [0.25, 0.3) is 0 Å². The monoisotopic (exact) mass is 429 g/mol. The maximum absolute atomic E-state index is 12.7. The van der Waals surface area contributed by atoms with Crippen molar-refractivity contribution in [3.8, 4) is 0 Å². The van der Waals surface area contributed by atoms with Gasteiger partial charge in [-0.2, -0.15) is 0 Å². The van der Waals surface area contributed by atoms with E-state index < -0.39 is 21.3 Å². The Bertz CT molecular complexity index is 780. The fraction of sp³-hybridized carbons (Fsp3) is 0.650. The Kier molecular flexibility index (Phi) is 7.76. The molecule has 2 rings (SSSR count). The number of urea groups is 1. The molecule has 0 aliphatic carbocycles. The lowest BCUT2D eigenvalue weighted by molar-refractivity contribution is 0.240. The van der Waals surface area contributed by atoms with E-state index in [1.807, 2.05) is 46.8 Å². The SMILES string of the molecule is CCN1CCCC(S(=O)(=O)NC(=O)Nc2c(C(C)C)cc(Cl)cc2C(C)C)C1. The predicted octanol–water partition coefficient (Wildman–Crippen LogP) is 4.52. The van der Waals surface area contributed by atoms with Crippen LogP contribution < -0.4 is 10.0 Å². The van der Waals surface area contributed by atoms with Gasteiger partial charge < -0.3 is 10.2 Å². The van der Waals surface area contributed by atoms with E-state index in [9.17, 15) is 13.2 Å². The van der Waals surface area contributed by atoms with Gasteiger partial charge in [-0.3, -0.25) is 0 Å². The highest BCUT2D eigenvalue weighted by Crippen LogP contribution is 2.35. The summed E-state index contributed by atoms with van der Waals surface area (Å²) >= 11 is 6.25. The van der Waals surface area contributed by atoms with Gasteiger partial charge in [-0.05, 0) is 61.0 Å². The van der Waals surface area contributed by atoms with Crippen LogP contribution >= 0.6 is 11.6 Å². The van der Waals surface area contributed by atoms with Gasteiger partial charge in [0.05, 0.1) is 5.25 Å². The van der Waals surface area contributed by atoms with Gasteiger partial charge in [-0.15, -0.1) is 0 Å². The molecule has 1 aromatic rings. The van der Waals surface area contributed by atoms with Crippen molar-refractivity contribution in [2.24, 2.45) is 0 Å². The average Bonchev–Trinajstić information content (AvgIpc) is 2.62. The molecule has 6 nitrogen and oxygen atoms in total. The molecule has 0 radical (unpaired) electrons. The number of likely N-dealkylation sites (tertiary alicyclic amines) is 1. The molecule has 1 atom stereocenters. The van der Waals surface area contributed by atoms with Gasteiger partial charge in [-0.1, -0.05) is 46.2 Å². The number of piperidine rings is 1. The molecule has 0 bridgehead atoms. The summed E-state index contributed by atoms with van der Waals surface area (Å²) in [6.07, 6.45) is 1.38. The lowest BCUT2D eigenvalue weighted by atomic mass is 9.92. The van der Waals surface area contributed by atoms with Crippen LogP contribution in [0.5, 0.6) is 0 Å². The van der Waals surface area contributed by atoms with Crippen LogP contribution in [-0.2, 0) is 10.0 Å². The van der Waals surface area contributed by atoms with Crippen LogP contribution in [0.3, 0.4) is 0 Å². The van der Waals surface area contributed by atoms with Crippen LogP contribution in [0.25, 0.3) is 0 Å². The summed E-state index contributed by atoms with van der Waals surface area (Å²) in [6.45, 7) is 12.2. The quantitative estimate of drug-likeness (QED) is 0.696. The van der Waals surface area contributed by atoms with Crippen molar-refractivity contribution in [2.75, 3.05) is 25.0 Å². The second-order valence-corrected chi connectivity index (χ2v) is 10.4. The zero-order chi connectivity index (χ0) is 21.1. The Morgan fingerprint density at radius 1 is 1.21 bits per heavy atom. The van der Waals surface area contributed by atoms with Crippen molar-refractivity contribution in [1.29, 1.82) is 0 Å². The van der Waals surface area contributed by atoms with Crippen molar-refractivity contribution in [2.45, 2.75) is 64.5 Å². The molecular weight excluding hydrogens is 398 g/mol. The molecule has 0 saturated carbocycles. The van der Waals surface area contributed by atoms with E-state index in [1.165, 1.54) is 0 Å². The molecule has 2 amide bonds. The van der Waals surface area contributed by atoms with E-state index in [0.29, 0.717) is 23.7 Å². The summed E-state index contributed by atoms with van der Waals surface area (Å²) in [5.41, 5.74) is 2.41. The molecule has 1 fully saturated rings. The van der Waals surface area contributed by atoms with Crippen LogP contribution in [0.2, 0.25) is 5.02 Å². The number of anilines is 1. The summed E-state index contributed by atoms with van der Waals surface area (Å²) in [7, 11) is -3.75. The normalized spacial score (nSPS) is 18.5. The Morgan fingerprint density at radius 2 is 1.79 bits per heavy atom. The van der Waals surface area contributed by atoms with E-state index in [4.69, 9.17) is 11.6 Å². The van der Waals surface area contributed by atoms with Crippen LogP contribution in [0.1, 0.15) is 70.4 Å². The number of amides is 2. The lowest BCUT2D eigenvalue weighted by Gasteiger charge is -2.31. The van der Waals surface area contributed by atoms with Crippen molar-refractivity contribution < 1.29 is 13.2 Å². The fourth-order valence-electron chi connectivity index (χ4n) is 3.61. The van der Waals surface area contributed by atoms with Gasteiger partial charge in [0, 0.05) is 17.3 Å². The largest absolute Gasteiger partial charge is 0.332 e. The molecule has 1 heterocycles. The Morgan fingerprint density at radius 3 is 2.29 bits per heavy atom. The van der Waals surface area contributed by atoms with Gasteiger partial charge in [0.15, 0.2) is 0 Å². The Hall–Kier alpha value is -1.31. The zero-order valence-corrected chi connectivity index (χ0v) is 19.0. The minimum absolute atomic E-state index is 0.125. The number of nitrogens with one attached hydrogen (secondary N) is 2. The summed E-state index contributed by atoms with van der Waals surface area (Å²) in [5.74, 6) is 0.249. The van der Waals surface area contributed by atoms with Crippen LogP contribution in [0.15, 0.2) is 12.1 Å². The first kappa shape index (κ1) is 23.0. The van der Waals surface area contributed by atoms with E-state index in [-0.39, 0.29) is 11.8 Å². The molecule has 0 spiro atoms. The van der Waals surface area contributed by atoms with Crippen molar-refractivity contribution in [1.82, 2.24) is 9.62 Å². The molecule has 1 aromatic carbocycles. The van der Waals surface area contributed by atoms with Crippen molar-refractivity contribution in [3.05, 3.63) is 28.3 Å². The third kappa shape index (κ3) is 5.61. The van der Waals surface area contributed by atoms with Crippen molar-refractivity contribution in [3.63, 3.8) is 0 Å². The summed E-state index contributed by atoms with van der Waals surface area (Å²) < 4.78 is 27.7. The first-order valence-corrected chi connectivity index (χ1v) is 11.9. The highest BCUT2D eigenvalue weighted by Gasteiger charge is 2.32. The Labute approximate surface area is 174 Å². The standard InChI is InChI=1S/C20H32ClN3O3S/c1-6-24-9-7-8-16(12-24)28(26,27)23-20(25)22-19-17(13(2)3)10-15(21)11-18(19)14(4)5/h10-11,13-14,16H,6-9,12H2,1-5H3,(H2,22,23,25). The average molecular weight is 430 g/mol. The molecular formula is C20H32ClN3O3S. The van der Waals surface area contributed by atoms with Crippen LogP contribution in [-0.4, -0.2) is 44.2 Å². The summed E-state index contributed by atoms with van der Waals surface area (Å²) in [5, 5.41) is 2.81. The van der Waals surface area contributed by atoms with Gasteiger partial charge in [0.2, 0.25) is 10.0 Å². The lowest BCUT2D eigenvalue weighted by Crippen LogP contribution is -2.48. The minimum atomic E-state index is -3.75. The number of nitrogens with zero attached hydrogens (tertiary/aromatic N) is 1. The Balaban J connectivity index is 2.23. The van der Waals surface area contributed by atoms with Crippen molar-refractivity contribution >= 4 is 33.3 Å². The van der Waals surface area contributed by atoms with Crippen LogP contribution in [0.4, 0.5) is 10.5 Å². The second-order valence-electron chi connectivity index (χ2n) is 8.03. The molecule has 8 heteroatoms. The number of carbonyl (C=O) groups is 1. The number of sulfonamides is 1. The zero-order valence-electron chi connectivity index (χ0n) is 17.4. The topological polar surface area (TPSA) is 78.5 Å². The predicted molar refractivity (Wildman–Crippen MR) is 116 cm³/mol. The summed E-state index contributed by atoms with van der Waals surface area (Å²) in [6, 6.07) is 2.92. The number of hydrogen-bond acceptors (Lipinski definition) is 4. The van der Waals surface area contributed by atoms with Gasteiger partial charge in [-0.25, -0.2) is 17.9 Å². The molecule has 1 saturated heterocycles. The molecule has 2 N–H and O–H groups in total. The molecule has 1 aliphatic heterocycles. The third-order valence-electron chi connectivity index (χ3n) is 5.23. The minimum Gasteiger partial charge on any atom is -0.307 e. The van der Waals surface area contributed by atoms with Gasteiger partial charge >= 0.3 is 6.03 Å². The molecule has 1 unspecified atom stereocenters. The van der Waals surface area contributed by atoms with E-state index >= 15 is 0 Å². The first-order valence-electron chi connectivity index (χ1n) is 9.93. The smallest absolute Gasteiger partial charge is 0.307 e. The number of benzene rings is 1. The molecule has 1 aliphatic rings. The third-order valence-corrected chi connectivity index (χ3v) is 7.18. The van der Waals surface area contributed by atoms with Gasteiger partial charge in [0.1, 0.15) is 0 Å². The first-order chi connectivity index (χ1) is 13.0. The second kappa shape index (κ2) is 9.46. The summed E-state index contributed by atoms with van der Waals surface area (Å²) in [4.78, 5) is 14.7. The maximum Gasteiger partial charge on any atom is 0.332 e. The number of hydrogen-bond donors (Lipinski definition) is 2. The highest BCUT2D eigenvalue weighted by molar-refractivity contribution is 7.90.